The molecule has 2 aliphatic carbocycles. The van der Waals surface area contributed by atoms with Crippen molar-refractivity contribution in [1.29, 1.82) is 0 Å². The molecule has 0 aromatic heterocycles. The molecular weight excluding hydrogens is 359 g/mol. The van der Waals surface area contributed by atoms with E-state index < -0.39 is 16.6 Å². The molecule has 3 N–H and O–H groups in total. The molecule has 0 aromatic carbocycles. The van der Waals surface area contributed by atoms with Crippen LogP contribution in [0.15, 0.2) is 0 Å². The molecule has 0 bridgehead atoms. The van der Waals surface area contributed by atoms with Crippen LogP contribution in [0.25, 0.3) is 10.6 Å². The van der Waals surface area contributed by atoms with Gasteiger partial charge < -0.3 is 20.8 Å². The summed E-state index contributed by atoms with van der Waals surface area (Å²) >= 11 is -1.56. The van der Waals surface area contributed by atoms with Gasteiger partial charge in [-0.05, 0) is 12.8 Å². The Hall–Kier alpha value is 0.184. The van der Waals surface area contributed by atoms with Gasteiger partial charge in [-0.2, -0.15) is 0 Å². The molecular formula is C18H33N2O4V-2. The Morgan fingerprint density at radius 2 is 1.04 bits per heavy atom. The number of nitrogens with zero attached hydrogens (tertiary/aromatic N) is 2. The molecule has 25 heavy (non-hydrogen) atoms. The van der Waals surface area contributed by atoms with Crippen LogP contribution in [0.4, 0.5) is 0 Å². The van der Waals surface area contributed by atoms with Crippen molar-refractivity contribution in [3.8, 4) is 0 Å². The van der Waals surface area contributed by atoms with Gasteiger partial charge in [-0.15, -0.1) is 25.2 Å². The van der Waals surface area contributed by atoms with Gasteiger partial charge in [0, 0.05) is 12.2 Å². The van der Waals surface area contributed by atoms with Crippen molar-refractivity contribution in [2.24, 2.45) is 11.8 Å². The zero-order valence-corrected chi connectivity index (χ0v) is 16.4. The van der Waals surface area contributed by atoms with E-state index in [1.165, 1.54) is 51.4 Å². The summed E-state index contributed by atoms with van der Waals surface area (Å²) in [4.78, 5) is 0. The van der Waals surface area contributed by atoms with E-state index in [4.69, 9.17) is 7.71 Å². The third-order valence-corrected chi connectivity index (χ3v) is 6.05. The van der Waals surface area contributed by atoms with Crippen LogP contribution in [-0.4, -0.2) is 51.6 Å². The standard InChI is InChI=1S/2C9H16NO.H2O.O.V/c2*11-8-5-1-3-7-4-2-6-10-9(7)8;;;/h2*7-9,11H,1-6H2;1H2;;/q2*-1;;;+1/p-1. The Balaban J connectivity index is 0.000000156. The molecule has 4 fully saturated rings. The van der Waals surface area contributed by atoms with Crippen molar-refractivity contribution in [2.45, 2.75) is 88.5 Å². The molecule has 6 nitrogen and oxygen atoms in total. The molecule has 2 heterocycles. The van der Waals surface area contributed by atoms with Crippen LogP contribution in [0.1, 0.15) is 64.2 Å². The van der Waals surface area contributed by atoms with Crippen LogP contribution in [0.5, 0.6) is 0 Å². The number of fused-ring (bicyclic) bond motifs is 2. The molecule has 2 saturated heterocycles. The van der Waals surface area contributed by atoms with Crippen LogP contribution in [0, 0.1) is 11.8 Å². The Morgan fingerprint density at radius 1 is 0.680 bits per heavy atom. The number of aliphatic hydroxyl groups is 2. The van der Waals surface area contributed by atoms with Gasteiger partial charge in [0.1, 0.15) is 0 Å². The summed E-state index contributed by atoms with van der Waals surface area (Å²) in [6.07, 6.45) is 11.8. The third-order valence-electron chi connectivity index (χ3n) is 6.05. The van der Waals surface area contributed by atoms with Crippen LogP contribution in [0.3, 0.4) is 0 Å². The van der Waals surface area contributed by atoms with Crippen molar-refractivity contribution in [1.82, 2.24) is 0 Å². The van der Waals surface area contributed by atoms with E-state index in [1.807, 2.05) is 0 Å². The number of hydrogen-bond donors (Lipinski definition) is 3. The number of hydrogen-bond acceptors (Lipinski definition) is 3. The fourth-order valence-corrected chi connectivity index (χ4v) is 4.85. The molecule has 4 aliphatic rings. The fourth-order valence-electron chi connectivity index (χ4n) is 4.85. The minimum atomic E-state index is -1.56. The quantitative estimate of drug-likeness (QED) is 0.589. The summed E-state index contributed by atoms with van der Waals surface area (Å²) in [5.41, 5.74) is 0. The number of aliphatic hydroxyl groups excluding tert-OH is 2. The first-order valence-corrected chi connectivity index (χ1v) is 11.0. The van der Waals surface area contributed by atoms with E-state index in [0.717, 1.165) is 25.9 Å². The second kappa shape index (κ2) is 11.8. The molecule has 2 aliphatic heterocycles. The molecule has 0 aromatic rings. The van der Waals surface area contributed by atoms with Gasteiger partial charge in [0.2, 0.25) is 0 Å². The predicted molar refractivity (Wildman–Crippen MR) is 92.1 cm³/mol. The second-order valence-electron chi connectivity index (χ2n) is 7.68. The molecule has 0 spiro atoms. The molecule has 7 heteroatoms. The average Bonchev–Trinajstić information content (AvgIpc) is 2.64. The van der Waals surface area contributed by atoms with Crippen LogP contribution in [-0.2, 0) is 20.3 Å². The fraction of sp³-hybridized carbons (Fsp3) is 1.00. The Labute approximate surface area is 158 Å². The topological polar surface area (TPSA) is 106 Å². The van der Waals surface area contributed by atoms with Crippen LogP contribution < -0.4 is 0 Å². The van der Waals surface area contributed by atoms with Gasteiger partial charge in [0.15, 0.2) is 0 Å². The summed E-state index contributed by atoms with van der Waals surface area (Å²) in [5, 5.41) is 28.2. The SMILES string of the molecule is OC1CCCC2CCC[N-]C12.OC1CCCC2CCC[N-]C12.[O]=[V][OH]. The van der Waals surface area contributed by atoms with Crippen LogP contribution >= 0.6 is 0 Å². The average molecular weight is 392 g/mol. The minimum absolute atomic E-state index is 0.117. The summed E-state index contributed by atoms with van der Waals surface area (Å²) in [6, 6.07) is 0.606. The van der Waals surface area contributed by atoms with Crippen LogP contribution in [0.2, 0.25) is 0 Å². The first kappa shape index (κ1) is 21.5. The van der Waals surface area contributed by atoms with Crippen molar-refractivity contribution < 1.29 is 34.5 Å². The Morgan fingerprint density at radius 3 is 1.40 bits per heavy atom. The summed E-state index contributed by atoms with van der Waals surface area (Å²) in [6.45, 7) is 1.97. The van der Waals surface area contributed by atoms with Crippen molar-refractivity contribution >= 4 is 0 Å². The van der Waals surface area contributed by atoms with Gasteiger partial charge >= 0.3 is 24.3 Å². The van der Waals surface area contributed by atoms with Crippen molar-refractivity contribution in [2.75, 3.05) is 13.1 Å². The molecule has 2 saturated carbocycles. The first-order chi connectivity index (χ1) is 12.2. The normalized spacial score (nSPS) is 40.1. The van der Waals surface area contributed by atoms with Crippen molar-refractivity contribution in [3.63, 3.8) is 0 Å². The zero-order valence-electron chi connectivity index (χ0n) is 15.0. The number of piperidine rings is 2. The van der Waals surface area contributed by atoms with Gasteiger partial charge in [0.05, 0.1) is 0 Å². The monoisotopic (exact) mass is 392 g/mol. The van der Waals surface area contributed by atoms with E-state index in [0.29, 0.717) is 23.9 Å². The maximum atomic E-state index is 9.61. The van der Waals surface area contributed by atoms with E-state index in [2.05, 4.69) is 10.6 Å². The zero-order chi connectivity index (χ0) is 18.1. The predicted octanol–water partition coefficient (Wildman–Crippen LogP) is 2.69. The van der Waals surface area contributed by atoms with Gasteiger partial charge in [-0.3, -0.25) is 0 Å². The third kappa shape index (κ3) is 6.69. The summed E-state index contributed by atoms with van der Waals surface area (Å²) in [7, 11) is 0. The van der Waals surface area contributed by atoms with Gasteiger partial charge in [0.25, 0.3) is 0 Å². The maximum absolute atomic E-state index is 9.61. The molecule has 0 radical (unpaired) electrons. The van der Waals surface area contributed by atoms with Crippen molar-refractivity contribution in [3.05, 3.63) is 10.6 Å². The van der Waals surface area contributed by atoms with E-state index in [9.17, 15) is 10.2 Å². The Bertz CT molecular complexity index is 352. The van der Waals surface area contributed by atoms with E-state index in [1.54, 1.807) is 0 Å². The first-order valence-electron chi connectivity index (χ1n) is 9.83. The summed E-state index contributed by atoms with van der Waals surface area (Å²) < 4.78 is 15.7. The molecule has 146 valence electrons. The van der Waals surface area contributed by atoms with E-state index in [-0.39, 0.29) is 12.2 Å². The van der Waals surface area contributed by atoms with Gasteiger partial charge in [-0.25, -0.2) is 0 Å². The molecule has 0 amide bonds. The number of rotatable bonds is 0. The molecule has 6 unspecified atom stereocenters. The second-order valence-corrected chi connectivity index (χ2v) is 7.93. The van der Waals surface area contributed by atoms with Gasteiger partial charge in [-0.1, -0.05) is 63.2 Å². The molecule has 6 atom stereocenters. The van der Waals surface area contributed by atoms with E-state index >= 15 is 0 Å². The molecule has 4 rings (SSSR count). The Kier molecular flexibility index (Phi) is 10.1. The summed E-state index contributed by atoms with van der Waals surface area (Å²) in [5.74, 6) is 1.43.